The lowest BCUT2D eigenvalue weighted by Crippen LogP contribution is -2.41. The largest absolute Gasteiger partial charge is 0.481 e. The van der Waals surface area contributed by atoms with E-state index in [2.05, 4.69) is 0 Å². The van der Waals surface area contributed by atoms with Gasteiger partial charge in [0.05, 0.1) is 5.69 Å². The molecule has 0 fully saturated rings. The molecule has 0 heterocycles. The number of carboxylic acid groups (broad SMARTS) is 1. The van der Waals surface area contributed by atoms with Crippen LogP contribution in [0.4, 0.5) is 27.6 Å². The zero-order chi connectivity index (χ0) is 14.6. The van der Waals surface area contributed by atoms with Crippen LogP contribution in [0, 0.1) is 17.6 Å². The molecule has 0 saturated heterocycles. The standard InChI is InChI=1S/C10H9F5N2O2/c11-5-1-2-7(12)8(3-5)17-16-4-6(9(18)19)10(13,14)15/h1-3,6,16-17H,4H2,(H,18,19). The Morgan fingerprint density at radius 1 is 1.32 bits per heavy atom. The molecule has 0 amide bonds. The lowest BCUT2D eigenvalue weighted by molar-refractivity contribution is -0.192. The summed E-state index contributed by atoms with van der Waals surface area (Å²) in [5, 5.41) is 8.38. The van der Waals surface area contributed by atoms with Gasteiger partial charge in [-0.1, -0.05) is 0 Å². The van der Waals surface area contributed by atoms with E-state index < -0.39 is 41.9 Å². The van der Waals surface area contributed by atoms with Gasteiger partial charge in [0.2, 0.25) is 0 Å². The highest BCUT2D eigenvalue weighted by molar-refractivity contribution is 5.71. The van der Waals surface area contributed by atoms with Gasteiger partial charge in [0.1, 0.15) is 11.6 Å². The molecular formula is C10H9F5N2O2. The van der Waals surface area contributed by atoms with Crippen molar-refractivity contribution in [3.63, 3.8) is 0 Å². The van der Waals surface area contributed by atoms with E-state index in [1.807, 2.05) is 10.9 Å². The van der Waals surface area contributed by atoms with E-state index in [4.69, 9.17) is 5.11 Å². The lowest BCUT2D eigenvalue weighted by atomic mass is 10.1. The first-order valence-corrected chi connectivity index (χ1v) is 4.95. The molecular weight excluding hydrogens is 275 g/mol. The Bertz CT molecular complexity index is 464. The third-order valence-electron chi connectivity index (χ3n) is 2.15. The van der Waals surface area contributed by atoms with Crippen LogP contribution in [0.1, 0.15) is 0 Å². The van der Waals surface area contributed by atoms with Gasteiger partial charge in [-0.05, 0) is 12.1 Å². The normalized spacial score (nSPS) is 13.1. The molecule has 1 aromatic rings. The molecule has 1 unspecified atom stereocenters. The fourth-order valence-electron chi connectivity index (χ4n) is 1.18. The van der Waals surface area contributed by atoms with Crippen molar-refractivity contribution in [3.8, 4) is 0 Å². The number of hydrogen-bond acceptors (Lipinski definition) is 3. The number of benzene rings is 1. The minimum absolute atomic E-state index is 0.425. The molecule has 1 rings (SSSR count). The maximum atomic E-state index is 13.1. The molecule has 1 aromatic carbocycles. The molecule has 0 aliphatic rings. The second-order valence-corrected chi connectivity index (χ2v) is 3.56. The Kier molecular flexibility index (Phi) is 4.65. The van der Waals surface area contributed by atoms with Crippen LogP contribution in [0.2, 0.25) is 0 Å². The summed E-state index contributed by atoms with van der Waals surface area (Å²) in [6.07, 6.45) is -4.94. The molecule has 1 atom stereocenters. The maximum Gasteiger partial charge on any atom is 0.403 e. The van der Waals surface area contributed by atoms with E-state index in [0.29, 0.717) is 6.07 Å². The summed E-state index contributed by atoms with van der Waals surface area (Å²) in [5.74, 6) is -6.41. The number of anilines is 1. The summed E-state index contributed by atoms with van der Waals surface area (Å²) in [6.45, 7) is -1.03. The summed E-state index contributed by atoms with van der Waals surface area (Å²) in [7, 11) is 0. The second kappa shape index (κ2) is 5.83. The van der Waals surface area contributed by atoms with Crippen molar-refractivity contribution in [2.45, 2.75) is 6.18 Å². The number of halogens is 5. The van der Waals surface area contributed by atoms with Crippen LogP contribution in [0.15, 0.2) is 18.2 Å². The number of carboxylic acids is 1. The van der Waals surface area contributed by atoms with Gasteiger partial charge in [0.15, 0.2) is 5.92 Å². The Morgan fingerprint density at radius 2 is 1.95 bits per heavy atom. The topological polar surface area (TPSA) is 61.4 Å². The number of hydrazine groups is 1. The molecule has 19 heavy (non-hydrogen) atoms. The Hall–Kier alpha value is -1.90. The average Bonchev–Trinajstić information content (AvgIpc) is 2.26. The van der Waals surface area contributed by atoms with Crippen molar-refractivity contribution in [3.05, 3.63) is 29.8 Å². The number of carbonyl (C=O) groups is 1. The fraction of sp³-hybridized carbons (Fsp3) is 0.300. The maximum absolute atomic E-state index is 13.1. The van der Waals surface area contributed by atoms with E-state index in [1.165, 1.54) is 0 Å². The number of alkyl halides is 3. The van der Waals surface area contributed by atoms with Crippen LogP contribution in [-0.2, 0) is 4.79 Å². The van der Waals surface area contributed by atoms with Crippen LogP contribution in [0.3, 0.4) is 0 Å². The molecule has 0 bridgehead atoms. The fourth-order valence-corrected chi connectivity index (χ4v) is 1.18. The van der Waals surface area contributed by atoms with Crippen molar-refractivity contribution in [2.75, 3.05) is 12.0 Å². The van der Waals surface area contributed by atoms with Crippen LogP contribution in [0.25, 0.3) is 0 Å². The van der Waals surface area contributed by atoms with Crippen LogP contribution in [-0.4, -0.2) is 23.8 Å². The molecule has 0 aliphatic carbocycles. The minimum atomic E-state index is -4.94. The predicted molar refractivity (Wildman–Crippen MR) is 55.2 cm³/mol. The highest BCUT2D eigenvalue weighted by atomic mass is 19.4. The molecule has 0 saturated carbocycles. The Labute approximate surface area is 104 Å². The third kappa shape index (κ3) is 4.36. The van der Waals surface area contributed by atoms with Gasteiger partial charge in [0.25, 0.3) is 0 Å². The zero-order valence-electron chi connectivity index (χ0n) is 9.26. The molecule has 9 heteroatoms. The van der Waals surface area contributed by atoms with Crippen LogP contribution in [0.5, 0.6) is 0 Å². The van der Waals surface area contributed by atoms with Gasteiger partial charge in [-0.25, -0.2) is 14.2 Å². The molecule has 4 nitrogen and oxygen atoms in total. The summed E-state index contributed by atoms with van der Waals surface area (Å²) in [4.78, 5) is 10.4. The van der Waals surface area contributed by atoms with E-state index in [-0.39, 0.29) is 0 Å². The minimum Gasteiger partial charge on any atom is -0.481 e. The third-order valence-corrected chi connectivity index (χ3v) is 2.15. The van der Waals surface area contributed by atoms with E-state index in [1.54, 1.807) is 0 Å². The summed E-state index contributed by atoms with van der Waals surface area (Å²) in [5.41, 5.74) is 3.46. The van der Waals surface area contributed by atoms with E-state index in [0.717, 1.165) is 12.1 Å². The number of hydrogen-bond donors (Lipinski definition) is 3. The van der Waals surface area contributed by atoms with E-state index in [9.17, 15) is 26.7 Å². The SMILES string of the molecule is O=C(O)C(CNNc1cc(F)ccc1F)C(F)(F)F. The number of aliphatic carboxylic acids is 1. The smallest absolute Gasteiger partial charge is 0.403 e. The second-order valence-electron chi connectivity index (χ2n) is 3.56. The quantitative estimate of drug-likeness (QED) is 0.572. The van der Waals surface area contributed by atoms with Gasteiger partial charge in [-0.3, -0.25) is 4.79 Å². The molecule has 3 N–H and O–H groups in total. The van der Waals surface area contributed by atoms with Gasteiger partial charge >= 0.3 is 12.1 Å². The molecule has 0 radical (unpaired) electrons. The highest BCUT2D eigenvalue weighted by Gasteiger charge is 2.44. The zero-order valence-corrected chi connectivity index (χ0v) is 9.26. The van der Waals surface area contributed by atoms with E-state index >= 15 is 0 Å². The summed E-state index contributed by atoms with van der Waals surface area (Å²) in [6, 6.07) is 2.32. The molecule has 106 valence electrons. The molecule has 0 aromatic heterocycles. The van der Waals surface area contributed by atoms with Crippen LogP contribution >= 0.6 is 0 Å². The summed E-state index contributed by atoms with van der Waals surface area (Å²) < 4.78 is 62.6. The average molecular weight is 284 g/mol. The summed E-state index contributed by atoms with van der Waals surface area (Å²) >= 11 is 0. The van der Waals surface area contributed by atoms with Crippen molar-refractivity contribution >= 4 is 11.7 Å². The number of rotatable bonds is 5. The lowest BCUT2D eigenvalue weighted by Gasteiger charge is -2.17. The first-order chi connectivity index (χ1) is 8.71. The molecule has 0 spiro atoms. The van der Waals surface area contributed by atoms with Crippen LogP contribution < -0.4 is 10.9 Å². The predicted octanol–water partition coefficient (Wildman–Crippen LogP) is 2.14. The van der Waals surface area contributed by atoms with Gasteiger partial charge < -0.3 is 10.5 Å². The van der Waals surface area contributed by atoms with Crippen molar-refractivity contribution in [2.24, 2.45) is 5.92 Å². The van der Waals surface area contributed by atoms with Crippen molar-refractivity contribution in [1.82, 2.24) is 5.43 Å². The Morgan fingerprint density at radius 3 is 2.47 bits per heavy atom. The van der Waals surface area contributed by atoms with Gasteiger partial charge in [-0.15, -0.1) is 0 Å². The van der Waals surface area contributed by atoms with Crippen molar-refractivity contribution < 1.29 is 31.9 Å². The highest BCUT2D eigenvalue weighted by Crippen LogP contribution is 2.25. The first-order valence-electron chi connectivity index (χ1n) is 4.95. The number of nitrogens with one attached hydrogen (secondary N) is 2. The van der Waals surface area contributed by atoms with Gasteiger partial charge in [0, 0.05) is 12.6 Å². The monoisotopic (exact) mass is 284 g/mol. The van der Waals surface area contributed by atoms with Gasteiger partial charge in [-0.2, -0.15) is 13.2 Å². The molecule has 0 aliphatic heterocycles. The van der Waals surface area contributed by atoms with Crippen molar-refractivity contribution in [1.29, 1.82) is 0 Å². The first kappa shape index (κ1) is 15.2. The Balaban J connectivity index is 2.62.